The molecule has 0 amide bonds. The van der Waals surface area contributed by atoms with Gasteiger partial charge in [0.15, 0.2) is 0 Å². The van der Waals surface area contributed by atoms with E-state index in [-0.39, 0.29) is 13.2 Å². The number of quaternary nitrogens is 1. The zero-order valence-corrected chi connectivity index (χ0v) is 8.07. The van der Waals surface area contributed by atoms with Crippen LogP contribution in [0, 0.1) is 0 Å². The molecule has 0 spiro atoms. The zero-order chi connectivity index (χ0) is 9.73. The second-order valence-electron chi connectivity index (χ2n) is 3.20. The van der Waals surface area contributed by atoms with Crippen molar-refractivity contribution in [2.45, 2.75) is 6.92 Å². The molecule has 0 atom stereocenters. The second-order valence-corrected chi connectivity index (χ2v) is 3.20. The molecule has 13 heavy (non-hydrogen) atoms. The van der Waals surface area contributed by atoms with E-state index in [0.717, 1.165) is 12.4 Å². The van der Waals surface area contributed by atoms with Crippen molar-refractivity contribution in [2.24, 2.45) is 0 Å². The van der Waals surface area contributed by atoms with Crippen molar-refractivity contribution in [2.75, 3.05) is 39.5 Å². The Balaban J connectivity index is 2.55. The Kier molecular flexibility index (Phi) is 3.71. The molecule has 0 radical (unpaired) electrons. The molecule has 0 aromatic rings. The molecule has 0 saturated carbocycles. The third-order valence-corrected chi connectivity index (χ3v) is 2.43. The summed E-state index contributed by atoms with van der Waals surface area (Å²) in [6, 6.07) is 0. The predicted molar refractivity (Wildman–Crippen MR) is 48.7 cm³/mol. The Morgan fingerprint density at radius 2 is 2.00 bits per heavy atom. The van der Waals surface area contributed by atoms with Crippen LogP contribution in [0.4, 0.5) is 0 Å². The van der Waals surface area contributed by atoms with E-state index in [9.17, 15) is 0 Å². The molecule has 0 saturated heterocycles. The van der Waals surface area contributed by atoms with Crippen LogP contribution in [0.15, 0.2) is 12.0 Å². The van der Waals surface area contributed by atoms with Gasteiger partial charge in [0, 0.05) is 0 Å². The highest BCUT2D eigenvalue weighted by Crippen LogP contribution is 2.26. The topological polar surface area (TPSA) is 49.7 Å². The smallest absolute Gasteiger partial charge is 0.293 e. The Bertz CT molecular complexity index is 185. The van der Waals surface area contributed by atoms with Crippen LogP contribution in [-0.2, 0) is 4.74 Å². The molecule has 1 rings (SSSR count). The number of hydrogen-bond donors (Lipinski definition) is 2. The van der Waals surface area contributed by atoms with Crippen LogP contribution in [-0.4, -0.2) is 54.2 Å². The largest absolute Gasteiger partial charge is 0.452 e. The first kappa shape index (κ1) is 10.5. The van der Waals surface area contributed by atoms with Crippen molar-refractivity contribution in [1.29, 1.82) is 0 Å². The van der Waals surface area contributed by atoms with Gasteiger partial charge in [0.2, 0.25) is 0 Å². The first-order valence-electron chi connectivity index (χ1n) is 4.70. The fraction of sp³-hybridized carbons (Fsp3) is 0.778. The highest BCUT2D eigenvalue weighted by Gasteiger charge is 2.40. The van der Waals surface area contributed by atoms with E-state index in [4.69, 9.17) is 14.9 Å². The summed E-state index contributed by atoms with van der Waals surface area (Å²) in [6.07, 6.45) is 2.01. The lowest BCUT2D eigenvalue weighted by Crippen LogP contribution is -2.56. The van der Waals surface area contributed by atoms with Gasteiger partial charge in [0.05, 0.1) is 25.9 Å². The lowest BCUT2D eigenvalue weighted by molar-refractivity contribution is -0.919. The molecule has 76 valence electrons. The lowest BCUT2D eigenvalue weighted by atomic mass is 10.2. The summed E-state index contributed by atoms with van der Waals surface area (Å²) < 4.78 is 6.01. The van der Waals surface area contributed by atoms with Gasteiger partial charge in [-0.15, -0.1) is 0 Å². The van der Waals surface area contributed by atoms with E-state index in [1.54, 1.807) is 0 Å². The number of hydrogen-bond acceptors (Lipinski definition) is 3. The molecule has 0 aromatic heterocycles. The summed E-state index contributed by atoms with van der Waals surface area (Å²) >= 11 is 0. The minimum absolute atomic E-state index is 0.129. The number of nitrogens with zero attached hydrogens (tertiary/aromatic N) is 1. The zero-order valence-electron chi connectivity index (χ0n) is 8.07. The fourth-order valence-corrected chi connectivity index (χ4v) is 1.67. The van der Waals surface area contributed by atoms with E-state index in [2.05, 4.69) is 0 Å². The van der Waals surface area contributed by atoms with Crippen LogP contribution >= 0.6 is 0 Å². The first-order chi connectivity index (χ1) is 6.29. The van der Waals surface area contributed by atoms with Crippen molar-refractivity contribution < 1.29 is 19.4 Å². The number of ether oxygens (including phenoxy) is 1. The van der Waals surface area contributed by atoms with Crippen molar-refractivity contribution >= 4 is 0 Å². The average molecular weight is 188 g/mol. The van der Waals surface area contributed by atoms with Crippen molar-refractivity contribution in [3.8, 4) is 0 Å². The summed E-state index contributed by atoms with van der Waals surface area (Å²) in [5.74, 6) is 0.894. The fourth-order valence-electron chi connectivity index (χ4n) is 1.67. The normalized spacial score (nSPS) is 19.2. The highest BCUT2D eigenvalue weighted by molar-refractivity contribution is 4.95. The molecule has 0 unspecified atom stereocenters. The molecule has 0 bridgehead atoms. The molecule has 0 fully saturated rings. The van der Waals surface area contributed by atoms with E-state index >= 15 is 0 Å². The summed E-state index contributed by atoms with van der Waals surface area (Å²) in [5, 5.41) is 17.8. The summed E-state index contributed by atoms with van der Waals surface area (Å²) in [7, 11) is 0. The molecule has 0 aliphatic carbocycles. The average Bonchev–Trinajstić information content (AvgIpc) is 2.12. The Morgan fingerprint density at radius 1 is 1.38 bits per heavy atom. The van der Waals surface area contributed by atoms with Gasteiger partial charge in [0.1, 0.15) is 19.6 Å². The highest BCUT2D eigenvalue weighted by atomic mass is 16.5. The van der Waals surface area contributed by atoms with Gasteiger partial charge >= 0.3 is 0 Å². The van der Waals surface area contributed by atoms with Crippen LogP contribution in [0.3, 0.4) is 0 Å². The van der Waals surface area contributed by atoms with Gasteiger partial charge in [-0.2, -0.15) is 0 Å². The molecule has 1 aliphatic rings. The van der Waals surface area contributed by atoms with E-state index in [0.29, 0.717) is 24.2 Å². The Labute approximate surface area is 78.6 Å². The molecule has 1 heterocycles. The van der Waals surface area contributed by atoms with Crippen molar-refractivity contribution in [1.82, 2.24) is 0 Å². The minimum atomic E-state index is 0.129. The van der Waals surface area contributed by atoms with Crippen LogP contribution in [0.2, 0.25) is 0 Å². The van der Waals surface area contributed by atoms with Crippen molar-refractivity contribution in [3.63, 3.8) is 0 Å². The maximum atomic E-state index is 8.90. The van der Waals surface area contributed by atoms with Crippen LogP contribution < -0.4 is 0 Å². The number of rotatable bonds is 6. The van der Waals surface area contributed by atoms with Gasteiger partial charge in [-0.05, 0) is 6.92 Å². The number of aliphatic hydroxyl groups excluding tert-OH is 2. The van der Waals surface area contributed by atoms with Crippen molar-refractivity contribution in [3.05, 3.63) is 12.0 Å². The third kappa shape index (κ3) is 2.02. The maximum absolute atomic E-state index is 8.90. The van der Waals surface area contributed by atoms with Gasteiger partial charge in [0.25, 0.3) is 5.88 Å². The minimum Gasteiger partial charge on any atom is -0.452 e. The van der Waals surface area contributed by atoms with Gasteiger partial charge in [-0.3, -0.25) is 4.48 Å². The Hall–Kier alpha value is -0.580. The van der Waals surface area contributed by atoms with Crippen LogP contribution in [0.1, 0.15) is 6.92 Å². The molecular weight excluding hydrogens is 170 g/mol. The lowest BCUT2D eigenvalue weighted by Gasteiger charge is -2.42. The van der Waals surface area contributed by atoms with E-state index in [1.165, 1.54) is 0 Å². The summed E-state index contributed by atoms with van der Waals surface area (Å²) in [4.78, 5) is 0. The quantitative estimate of drug-likeness (QED) is 0.562. The molecule has 4 nitrogen and oxygen atoms in total. The summed E-state index contributed by atoms with van der Waals surface area (Å²) in [6.45, 7) is 4.96. The molecular formula is C9H18NO3+. The molecule has 0 aromatic carbocycles. The third-order valence-electron chi connectivity index (χ3n) is 2.43. The van der Waals surface area contributed by atoms with E-state index in [1.807, 2.05) is 13.0 Å². The monoisotopic (exact) mass is 188 g/mol. The molecule has 4 heteroatoms. The van der Waals surface area contributed by atoms with Crippen LogP contribution in [0.5, 0.6) is 0 Å². The SMILES string of the molecule is CCOC1=CC[N+]1(CCO)CCO. The van der Waals surface area contributed by atoms with Gasteiger partial charge < -0.3 is 14.9 Å². The van der Waals surface area contributed by atoms with E-state index < -0.39 is 0 Å². The standard InChI is InChI=1S/C9H18NO3/c1-2-13-9-3-4-10(9,5-7-11)6-8-12/h3,11-12H,2,4-8H2,1H3/q+1. The predicted octanol–water partition coefficient (Wildman–Crippen LogP) is -0.321. The maximum Gasteiger partial charge on any atom is 0.293 e. The number of aliphatic hydroxyl groups is 2. The Morgan fingerprint density at radius 3 is 2.31 bits per heavy atom. The molecule has 2 N–H and O–H groups in total. The summed E-state index contributed by atoms with van der Waals surface area (Å²) in [5.41, 5.74) is 0. The van der Waals surface area contributed by atoms with Gasteiger partial charge in [-0.1, -0.05) is 0 Å². The van der Waals surface area contributed by atoms with Gasteiger partial charge in [-0.25, -0.2) is 0 Å². The first-order valence-corrected chi connectivity index (χ1v) is 4.70. The second kappa shape index (κ2) is 4.60. The van der Waals surface area contributed by atoms with Crippen LogP contribution in [0.25, 0.3) is 0 Å². The molecule has 1 aliphatic heterocycles.